The van der Waals surface area contributed by atoms with Gasteiger partial charge in [0.25, 0.3) is 0 Å². The second-order valence-corrected chi connectivity index (χ2v) is 4.43. The maximum atomic E-state index is 10.6. The van der Waals surface area contributed by atoms with Crippen molar-refractivity contribution in [2.75, 3.05) is 5.32 Å². The zero-order chi connectivity index (χ0) is 13.0. The lowest BCUT2D eigenvalue weighted by Crippen LogP contribution is -1.96. The lowest BCUT2D eigenvalue weighted by molar-refractivity contribution is -0.104. The van der Waals surface area contributed by atoms with E-state index in [2.05, 4.69) is 5.32 Å². The van der Waals surface area contributed by atoms with Crippen molar-refractivity contribution >= 4 is 40.9 Å². The van der Waals surface area contributed by atoms with Gasteiger partial charge in [-0.2, -0.15) is 0 Å². The van der Waals surface area contributed by atoms with Crippen LogP contribution in [-0.4, -0.2) is 6.29 Å². The summed E-state index contributed by atoms with van der Waals surface area (Å²) < 4.78 is 0. The molecule has 0 saturated carbocycles. The number of anilines is 2. The zero-order valence-corrected chi connectivity index (χ0v) is 10.9. The van der Waals surface area contributed by atoms with Crippen LogP contribution in [0.25, 0.3) is 0 Å². The number of aldehydes is 1. The number of carbonyl (C=O) groups excluding carboxylic acids is 1. The van der Waals surface area contributed by atoms with Gasteiger partial charge in [0, 0.05) is 5.69 Å². The molecule has 18 heavy (non-hydrogen) atoms. The lowest BCUT2D eigenvalue weighted by atomic mass is 10.1. The molecular weight excluding hydrogens is 269 g/mol. The van der Waals surface area contributed by atoms with Crippen molar-refractivity contribution in [3.8, 4) is 0 Å². The van der Waals surface area contributed by atoms with E-state index in [0.717, 1.165) is 17.5 Å². The first-order valence-corrected chi connectivity index (χ1v) is 6.06. The molecule has 0 aliphatic rings. The molecule has 0 unspecified atom stereocenters. The molecule has 2 aromatic rings. The SMILES string of the molecule is O=C[CH]c1ccccc1Nc1c(Cl)cccc1Cl. The highest BCUT2D eigenvalue weighted by atomic mass is 35.5. The molecule has 0 fully saturated rings. The van der Waals surface area contributed by atoms with E-state index in [1.165, 1.54) is 6.42 Å². The first-order chi connectivity index (χ1) is 8.72. The first-order valence-electron chi connectivity index (χ1n) is 5.31. The third-order valence-corrected chi connectivity index (χ3v) is 3.06. The van der Waals surface area contributed by atoms with Crippen molar-refractivity contribution in [2.24, 2.45) is 0 Å². The molecule has 0 aliphatic heterocycles. The Balaban J connectivity index is 2.37. The summed E-state index contributed by atoms with van der Waals surface area (Å²) in [5.41, 5.74) is 2.19. The summed E-state index contributed by atoms with van der Waals surface area (Å²) in [7, 11) is 0. The van der Waals surface area contributed by atoms with E-state index in [9.17, 15) is 4.79 Å². The summed E-state index contributed by atoms with van der Waals surface area (Å²) >= 11 is 12.2. The molecule has 0 saturated heterocycles. The molecule has 2 nitrogen and oxygen atoms in total. The van der Waals surface area contributed by atoms with Crippen molar-refractivity contribution in [3.05, 3.63) is 64.5 Å². The Morgan fingerprint density at radius 1 is 0.944 bits per heavy atom. The summed E-state index contributed by atoms with van der Waals surface area (Å²) in [4.78, 5) is 10.6. The average molecular weight is 279 g/mol. The van der Waals surface area contributed by atoms with Gasteiger partial charge in [0.2, 0.25) is 0 Å². The van der Waals surface area contributed by atoms with E-state index >= 15 is 0 Å². The molecule has 1 radical (unpaired) electrons. The topological polar surface area (TPSA) is 29.1 Å². The molecule has 0 aromatic heterocycles. The molecule has 1 N–H and O–H groups in total. The largest absolute Gasteiger partial charge is 0.353 e. The van der Waals surface area contributed by atoms with Gasteiger partial charge in [0.1, 0.15) is 6.29 Å². The van der Waals surface area contributed by atoms with Gasteiger partial charge >= 0.3 is 0 Å². The van der Waals surface area contributed by atoms with E-state index in [0.29, 0.717) is 15.7 Å². The minimum atomic E-state index is 0.531. The number of carbonyl (C=O) groups is 1. The second kappa shape index (κ2) is 5.89. The molecular formula is C14H10Cl2NO. The highest BCUT2D eigenvalue weighted by Crippen LogP contribution is 2.33. The maximum absolute atomic E-state index is 10.6. The van der Waals surface area contributed by atoms with Gasteiger partial charge in [0.15, 0.2) is 0 Å². The molecule has 0 heterocycles. The minimum Gasteiger partial charge on any atom is -0.353 e. The van der Waals surface area contributed by atoms with Gasteiger partial charge in [-0.15, -0.1) is 0 Å². The van der Waals surface area contributed by atoms with Crippen LogP contribution in [0.5, 0.6) is 0 Å². The smallest absolute Gasteiger partial charge is 0.128 e. The maximum Gasteiger partial charge on any atom is 0.128 e. The first kappa shape index (κ1) is 12.9. The van der Waals surface area contributed by atoms with Gasteiger partial charge in [0.05, 0.1) is 22.2 Å². The molecule has 91 valence electrons. The van der Waals surface area contributed by atoms with Crippen molar-refractivity contribution in [1.29, 1.82) is 0 Å². The molecule has 0 amide bonds. The Kier molecular flexibility index (Phi) is 4.24. The van der Waals surface area contributed by atoms with Crippen LogP contribution < -0.4 is 5.32 Å². The van der Waals surface area contributed by atoms with Crippen LogP contribution in [0, 0.1) is 6.42 Å². The molecule has 2 aromatic carbocycles. The predicted molar refractivity (Wildman–Crippen MR) is 75.7 cm³/mol. The number of halogens is 2. The van der Waals surface area contributed by atoms with E-state index in [4.69, 9.17) is 23.2 Å². The summed E-state index contributed by atoms with van der Waals surface area (Å²) in [6, 6.07) is 12.7. The fraction of sp³-hybridized carbons (Fsp3) is 0. The molecule has 2 rings (SSSR count). The number of para-hydroxylation sites is 2. The van der Waals surface area contributed by atoms with Crippen molar-refractivity contribution in [1.82, 2.24) is 0 Å². The van der Waals surface area contributed by atoms with E-state index < -0.39 is 0 Å². The second-order valence-electron chi connectivity index (χ2n) is 3.61. The van der Waals surface area contributed by atoms with Crippen LogP contribution >= 0.6 is 23.2 Å². The van der Waals surface area contributed by atoms with E-state index in [-0.39, 0.29) is 0 Å². The fourth-order valence-electron chi connectivity index (χ4n) is 1.58. The van der Waals surface area contributed by atoms with E-state index in [1.54, 1.807) is 18.2 Å². The monoisotopic (exact) mass is 278 g/mol. The van der Waals surface area contributed by atoms with Crippen LogP contribution in [0.15, 0.2) is 42.5 Å². The highest BCUT2D eigenvalue weighted by molar-refractivity contribution is 6.39. The van der Waals surface area contributed by atoms with Gasteiger partial charge < -0.3 is 10.1 Å². The zero-order valence-electron chi connectivity index (χ0n) is 9.36. The summed E-state index contributed by atoms with van der Waals surface area (Å²) in [5.74, 6) is 0. The predicted octanol–water partition coefficient (Wildman–Crippen LogP) is 4.49. The number of benzene rings is 2. The van der Waals surface area contributed by atoms with Crippen LogP contribution in [-0.2, 0) is 4.79 Å². The fourth-order valence-corrected chi connectivity index (χ4v) is 2.07. The molecule has 0 bridgehead atoms. The molecule has 0 atom stereocenters. The number of hydrogen-bond acceptors (Lipinski definition) is 2. The summed E-state index contributed by atoms with van der Waals surface area (Å²) in [6.07, 6.45) is 2.22. The third-order valence-electron chi connectivity index (χ3n) is 2.43. The van der Waals surface area contributed by atoms with Crippen LogP contribution in [0.4, 0.5) is 11.4 Å². The quantitative estimate of drug-likeness (QED) is 0.835. The summed E-state index contributed by atoms with van der Waals surface area (Å²) in [5, 5.41) is 4.20. The van der Waals surface area contributed by atoms with Crippen molar-refractivity contribution in [3.63, 3.8) is 0 Å². The van der Waals surface area contributed by atoms with Gasteiger partial charge in [-0.25, -0.2) is 0 Å². The standard InChI is InChI=1S/C14H10Cl2NO/c15-11-5-3-6-12(16)14(11)17-13-7-2-1-4-10(13)8-9-18/h1-9,17H. The Hall–Kier alpha value is -1.51. The Morgan fingerprint density at radius 2 is 1.61 bits per heavy atom. The summed E-state index contributed by atoms with van der Waals surface area (Å²) in [6.45, 7) is 0. The van der Waals surface area contributed by atoms with Gasteiger partial charge in [-0.05, 0) is 23.8 Å². The van der Waals surface area contributed by atoms with E-state index in [1.807, 2.05) is 24.3 Å². The highest BCUT2D eigenvalue weighted by Gasteiger charge is 2.08. The number of hydrogen-bond donors (Lipinski definition) is 1. The van der Waals surface area contributed by atoms with Crippen molar-refractivity contribution < 1.29 is 4.79 Å². The Labute approximate surface area is 116 Å². The minimum absolute atomic E-state index is 0.531. The number of nitrogens with one attached hydrogen (secondary N) is 1. The van der Waals surface area contributed by atoms with Crippen molar-refractivity contribution in [2.45, 2.75) is 0 Å². The Bertz CT molecular complexity index is 549. The van der Waals surface area contributed by atoms with Gasteiger partial charge in [-0.3, -0.25) is 0 Å². The lowest BCUT2D eigenvalue weighted by Gasteiger charge is -2.13. The molecule has 4 heteroatoms. The number of rotatable bonds is 4. The van der Waals surface area contributed by atoms with Crippen LogP contribution in [0.3, 0.4) is 0 Å². The Morgan fingerprint density at radius 3 is 2.28 bits per heavy atom. The van der Waals surface area contributed by atoms with Crippen LogP contribution in [0.2, 0.25) is 10.0 Å². The van der Waals surface area contributed by atoms with Gasteiger partial charge in [-0.1, -0.05) is 47.5 Å². The molecule has 0 spiro atoms. The molecule has 0 aliphatic carbocycles. The van der Waals surface area contributed by atoms with Crippen LogP contribution in [0.1, 0.15) is 5.56 Å². The average Bonchev–Trinajstić information content (AvgIpc) is 2.36. The third kappa shape index (κ3) is 2.84. The normalized spacial score (nSPS) is 10.1.